The van der Waals surface area contributed by atoms with Crippen molar-refractivity contribution in [2.75, 3.05) is 18.5 Å². The Bertz CT molecular complexity index is 1540. The molecule has 0 saturated heterocycles. The fourth-order valence-electron chi connectivity index (χ4n) is 3.58. The molecule has 238 valence electrons. The zero-order valence-electron chi connectivity index (χ0n) is 22.9. The van der Waals surface area contributed by atoms with E-state index in [2.05, 4.69) is 10.1 Å². The van der Waals surface area contributed by atoms with Gasteiger partial charge in [-0.15, -0.1) is 0 Å². The highest BCUT2D eigenvalue weighted by atomic mass is 19.2. The van der Waals surface area contributed by atoms with Gasteiger partial charge in [0.25, 0.3) is 0 Å². The van der Waals surface area contributed by atoms with E-state index in [1.807, 2.05) is 5.32 Å². The first-order valence-corrected chi connectivity index (χ1v) is 12.9. The highest BCUT2D eigenvalue weighted by Crippen LogP contribution is 2.26. The van der Waals surface area contributed by atoms with E-state index in [-0.39, 0.29) is 12.7 Å². The largest absolute Gasteiger partial charge is 0.479 e. The molecule has 0 radical (unpaired) electrons. The van der Waals surface area contributed by atoms with Crippen LogP contribution in [0.2, 0.25) is 0 Å². The van der Waals surface area contributed by atoms with Crippen LogP contribution in [0.3, 0.4) is 0 Å². The lowest BCUT2D eigenvalue weighted by molar-refractivity contribution is -0.145. The van der Waals surface area contributed by atoms with Crippen LogP contribution in [-0.2, 0) is 35.3 Å². The quantitative estimate of drug-likeness (QED) is 0.113. The molecule has 3 aromatic rings. The van der Waals surface area contributed by atoms with Crippen molar-refractivity contribution in [3.63, 3.8) is 0 Å². The molecule has 10 nitrogen and oxygen atoms in total. The molecule has 0 aliphatic rings. The number of anilines is 1. The molecule has 0 spiro atoms. The summed E-state index contributed by atoms with van der Waals surface area (Å²) in [5.74, 6) is -17.5. The molecule has 0 aliphatic carbocycles. The molecule has 1 atom stereocenters. The molecule has 16 heteroatoms. The SMILES string of the molecule is O=C(CNC(=O)C(=O)Nc1c(F)cccc1F)N[C@@H](CCC(=O)OCc1ccccc1)C(=O)COc1c(F)c(F)cc(F)c1F. The number of nitrogens with one attached hydrogen (secondary N) is 3. The third-order valence-corrected chi connectivity index (χ3v) is 5.85. The van der Waals surface area contributed by atoms with Gasteiger partial charge in [-0.1, -0.05) is 36.4 Å². The van der Waals surface area contributed by atoms with E-state index < -0.39 is 108 Å². The first-order valence-electron chi connectivity index (χ1n) is 12.9. The number of hydrogen-bond donors (Lipinski definition) is 3. The Labute approximate surface area is 250 Å². The van der Waals surface area contributed by atoms with Crippen molar-refractivity contribution in [2.24, 2.45) is 0 Å². The average Bonchev–Trinajstić information content (AvgIpc) is 3.01. The Morgan fingerprint density at radius 1 is 0.756 bits per heavy atom. The Kier molecular flexibility index (Phi) is 12.0. The summed E-state index contributed by atoms with van der Waals surface area (Å²) < 4.78 is 92.0. The van der Waals surface area contributed by atoms with Gasteiger partial charge in [0.05, 0.1) is 12.6 Å². The van der Waals surface area contributed by atoms with Gasteiger partial charge in [0.15, 0.2) is 23.2 Å². The number of rotatable bonds is 13. The van der Waals surface area contributed by atoms with Crippen molar-refractivity contribution in [2.45, 2.75) is 25.5 Å². The lowest BCUT2D eigenvalue weighted by atomic mass is 10.1. The molecule has 45 heavy (non-hydrogen) atoms. The molecule has 3 amide bonds. The molecular formula is C29H23F6N3O7. The Morgan fingerprint density at radius 3 is 2.00 bits per heavy atom. The van der Waals surface area contributed by atoms with Crippen LogP contribution in [0.5, 0.6) is 5.75 Å². The minimum Gasteiger partial charge on any atom is -0.479 e. The van der Waals surface area contributed by atoms with Gasteiger partial charge >= 0.3 is 17.8 Å². The topological polar surface area (TPSA) is 140 Å². The van der Waals surface area contributed by atoms with Gasteiger partial charge in [-0.3, -0.25) is 24.0 Å². The summed E-state index contributed by atoms with van der Waals surface area (Å²) in [5, 5.41) is 5.67. The van der Waals surface area contributed by atoms with Crippen LogP contribution >= 0.6 is 0 Å². The second-order valence-electron chi connectivity index (χ2n) is 9.09. The van der Waals surface area contributed by atoms with Gasteiger partial charge in [-0.25, -0.2) is 17.6 Å². The standard InChI is InChI=1S/C29H23F6N3O7/c30-16-7-4-8-17(31)26(16)38-29(43)28(42)36-12-22(40)37-20(9-10-23(41)44-13-15-5-2-1-3-6-15)21(39)14-45-27-24(34)18(32)11-19(33)25(27)35/h1-8,11,20H,9-10,12-14H2,(H,36,42)(H,37,40)(H,38,43)/t20-/m0/s1. The summed E-state index contributed by atoms with van der Waals surface area (Å²) >= 11 is 0. The molecule has 0 saturated carbocycles. The van der Waals surface area contributed by atoms with E-state index in [9.17, 15) is 50.3 Å². The van der Waals surface area contributed by atoms with Gasteiger partial charge < -0.3 is 25.4 Å². The fourth-order valence-corrected chi connectivity index (χ4v) is 3.58. The molecular weight excluding hydrogens is 616 g/mol. The van der Waals surface area contributed by atoms with Crippen LogP contribution in [0.1, 0.15) is 18.4 Å². The summed E-state index contributed by atoms with van der Waals surface area (Å²) in [5.41, 5.74) is -0.276. The third-order valence-electron chi connectivity index (χ3n) is 5.85. The van der Waals surface area contributed by atoms with Crippen LogP contribution in [0.15, 0.2) is 54.6 Å². The van der Waals surface area contributed by atoms with Gasteiger partial charge in [-0.2, -0.15) is 8.78 Å². The fraction of sp³-hybridized carbons (Fsp3) is 0.207. The Morgan fingerprint density at radius 2 is 1.38 bits per heavy atom. The average molecular weight is 640 g/mol. The van der Waals surface area contributed by atoms with Crippen molar-refractivity contribution in [3.05, 3.63) is 95.1 Å². The van der Waals surface area contributed by atoms with Crippen molar-refractivity contribution in [1.29, 1.82) is 0 Å². The first kappa shape index (κ1) is 34.1. The predicted octanol–water partition coefficient (Wildman–Crippen LogP) is 3.23. The van der Waals surface area contributed by atoms with E-state index in [1.54, 1.807) is 35.6 Å². The highest BCUT2D eigenvalue weighted by Gasteiger charge is 2.27. The van der Waals surface area contributed by atoms with E-state index >= 15 is 0 Å². The second-order valence-corrected chi connectivity index (χ2v) is 9.09. The molecule has 0 aromatic heterocycles. The lowest BCUT2D eigenvalue weighted by Gasteiger charge is -2.18. The zero-order valence-corrected chi connectivity index (χ0v) is 22.9. The van der Waals surface area contributed by atoms with E-state index in [0.29, 0.717) is 5.56 Å². The number of carbonyl (C=O) groups is 5. The summed E-state index contributed by atoms with van der Waals surface area (Å²) in [6.45, 7) is -2.32. The molecule has 3 N–H and O–H groups in total. The Balaban J connectivity index is 1.62. The number of hydrogen-bond acceptors (Lipinski definition) is 7. The number of Topliss-reactive ketones (excluding diaryl/α,β-unsaturated/α-hetero) is 1. The molecule has 0 heterocycles. The maximum absolute atomic E-state index is 13.9. The number of ketones is 1. The van der Waals surface area contributed by atoms with Crippen molar-refractivity contribution in [3.8, 4) is 5.75 Å². The number of esters is 1. The zero-order chi connectivity index (χ0) is 33.1. The number of halogens is 6. The number of ether oxygens (including phenoxy) is 2. The number of para-hydroxylation sites is 1. The first-order chi connectivity index (χ1) is 21.4. The maximum Gasteiger partial charge on any atom is 0.313 e. The van der Waals surface area contributed by atoms with Gasteiger partial charge in [0.2, 0.25) is 17.5 Å². The lowest BCUT2D eigenvalue weighted by Crippen LogP contribution is -2.48. The molecule has 0 aliphatic heterocycles. The molecule has 0 bridgehead atoms. The van der Waals surface area contributed by atoms with Crippen LogP contribution in [0.4, 0.5) is 32.0 Å². The molecule has 0 unspecified atom stereocenters. The number of carbonyl (C=O) groups excluding carboxylic acids is 5. The highest BCUT2D eigenvalue weighted by molar-refractivity contribution is 6.39. The van der Waals surface area contributed by atoms with Crippen LogP contribution < -0.4 is 20.7 Å². The van der Waals surface area contributed by atoms with Crippen molar-refractivity contribution < 1.29 is 59.8 Å². The monoisotopic (exact) mass is 639 g/mol. The molecule has 0 fully saturated rings. The van der Waals surface area contributed by atoms with Crippen molar-refractivity contribution >= 4 is 35.2 Å². The molecule has 3 rings (SSSR count). The van der Waals surface area contributed by atoms with E-state index in [4.69, 9.17) is 4.74 Å². The predicted molar refractivity (Wildman–Crippen MR) is 142 cm³/mol. The van der Waals surface area contributed by atoms with Crippen molar-refractivity contribution in [1.82, 2.24) is 10.6 Å². The Hall–Kier alpha value is -5.41. The van der Waals surface area contributed by atoms with Gasteiger partial charge in [0, 0.05) is 12.5 Å². The van der Waals surface area contributed by atoms with Crippen LogP contribution in [0.25, 0.3) is 0 Å². The normalized spacial score (nSPS) is 11.2. The molecule has 3 aromatic carbocycles. The second kappa shape index (κ2) is 15.9. The van der Waals surface area contributed by atoms with E-state index in [0.717, 1.165) is 18.2 Å². The van der Waals surface area contributed by atoms with Gasteiger partial charge in [-0.05, 0) is 24.1 Å². The third kappa shape index (κ3) is 9.80. The maximum atomic E-state index is 13.9. The summed E-state index contributed by atoms with van der Waals surface area (Å²) in [7, 11) is 0. The minimum atomic E-state index is -1.93. The number of benzene rings is 3. The summed E-state index contributed by atoms with van der Waals surface area (Å²) in [4.78, 5) is 61.6. The van der Waals surface area contributed by atoms with Gasteiger partial charge in [0.1, 0.15) is 30.5 Å². The number of amides is 3. The van der Waals surface area contributed by atoms with Crippen LogP contribution in [-0.4, -0.2) is 48.7 Å². The van der Waals surface area contributed by atoms with E-state index in [1.165, 1.54) is 0 Å². The van der Waals surface area contributed by atoms with Crippen LogP contribution in [0, 0.1) is 34.9 Å². The smallest absolute Gasteiger partial charge is 0.313 e. The minimum absolute atomic E-state index is 0.0785. The summed E-state index contributed by atoms with van der Waals surface area (Å²) in [6.07, 6.45) is -0.950. The summed E-state index contributed by atoms with van der Waals surface area (Å²) in [6, 6.07) is 9.41.